The van der Waals surface area contributed by atoms with Gasteiger partial charge in [-0.1, -0.05) is 18.2 Å². The fraction of sp³-hybridized carbons (Fsp3) is 0.0952. The Morgan fingerprint density at radius 1 is 1.03 bits per heavy atom. The molecule has 3 rings (SSSR count). The first-order chi connectivity index (χ1) is 13.9. The topological polar surface area (TPSA) is 98.8 Å². The summed E-state index contributed by atoms with van der Waals surface area (Å²) in [5.74, 6) is -1.29. The van der Waals surface area contributed by atoms with Gasteiger partial charge in [0.15, 0.2) is 6.61 Å². The summed E-state index contributed by atoms with van der Waals surface area (Å²) in [7, 11) is 1.69. The van der Waals surface area contributed by atoms with E-state index in [-0.39, 0.29) is 24.0 Å². The van der Waals surface area contributed by atoms with Gasteiger partial charge in [-0.3, -0.25) is 9.59 Å². The standard InChI is InChI=1S/C21H18N2O5S/c1-23(20(25)18-3-2-12-29-18)16-8-10-17(11-9-16)28-13-19(24)22-15-6-4-14(5-7-15)21(26)27/h2-12H,13H2,1H3,(H,22,24)(H,26,27)/p-1. The predicted molar refractivity (Wildman–Crippen MR) is 108 cm³/mol. The third-order valence-corrected chi connectivity index (χ3v) is 4.89. The molecule has 1 aromatic heterocycles. The number of benzene rings is 2. The van der Waals surface area contributed by atoms with Crippen LogP contribution < -0.4 is 20.1 Å². The highest BCUT2D eigenvalue weighted by molar-refractivity contribution is 7.12. The lowest BCUT2D eigenvalue weighted by atomic mass is 10.2. The number of carbonyl (C=O) groups is 3. The highest BCUT2D eigenvalue weighted by Crippen LogP contribution is 2.21. The Morgan fingerprint density at radius 2 is 1.72 bits per heavy atom. The summed E-state index contributed by atoms with van der Waals surface area (Å²) in [6, 6.07) is 16.0. The summed E-state index contributed by atoms with van der Waals surface area (Å²) in [6.07, 6.45) is 0. The third-order valence-electron chi connectivity index (χ3n) is 4.03. The van der Waals surface area contributed by atoms with Crippen molar-refractivity contribution in [2.24, 2.45) is 0 Å². The molecule has 0 unspecified atom stereocenters. The molecule has 0 saturated heterocycles. The van der Waals surface area contributed by atoms with E-state index >= 15 is 0 Å². The fourth-order valence-electron chi connectivity index (χ4n) is 2.48. The highest BCUT2D eigenvalue weighted by atomic mass is 32.1. The van der Waals surface area contributed by atoms with E-state index in [0.29, 0.717) is 22.0 Å². The number of carboxylic acids is 1. The summed E-state index contributed by atoms with van der Waals surface area (Å²) in [5.41, 5.74) is 1.18. The van der Waals surface area contributed by atoms with Crippen LogP contribution in [0.15, 0.2) is 66.0 Å². The van der Waals surface area contributed by atoms with Crippen LogP contribution in [0.1, 0.15) is 20.0 Å². The summed E-state index contributed by atoms with van der Waals surface area (Å²) in [4.78, 5) is 37.2. The average molecular weight is 409 g/mol. The van der Waals surface area contributed by atoms with Crippen molar-refractivity contribution in [3.8, 4) is 5.75 Å². The zero-order valence-electron chi connectivity index (χ0n) is 15.5. The van der Waals surface area contributed by atoms with Gasteiger partial charge in [-0.05, 0) is 53.4 Å². The van der Waals surface area contributed by atoms with Crippen LogP contribution in [0.2, 0.25) is 0 Å². The highest BCUT2D eigenvalue weighted by Gasteiger charge is 2.14. The van der Waals surface area contributed by atoms with E-state index in [0.717, 1.165) is 0 Å². The molecular weight excluding hydrogens is 392 g/mol. The zero-order chi connectivity index (χ0) is 20.8. The van der Waals surface area contributed by atoms with Crippen LogP contribution in [-0.4, -0.2) is 31.4 Å². The van der Waals surface area contributed by atoms with E-state index < -0.39 is 5.97 Å². The van der Waals surface area contributed by atoms with Gasteiger partial charge in [0, 0.05) is 18.4 Å². The van der Waals surface area contributed by atoms with E-state index in [1.807, 2.05) is 11.4 Å². The van der Waals surface area contributed by atoms with Gasteiger partial charge in [0.25, 0.3) is 11.8 Å². The van der Waals surface area contributed by atoms with E-state index in [9.17, 15) is 19.5 Å². The van der Waals surface area contributed by atoms with Gasteiger partial charge >= 0.3 is 0 Å². The van der Waals surface area contributed by atoms with Crippen LogP contribution >= 0.6 is 11.3 Å². The SMILES string of the molecule is CN(C(=O)c1cccs1)c1ccc(OCC(=O)Nc2ccc(C(=O)[O-])cc2)cc1. The lowest BCUT2D eigenvalue weighted by Gasteiger charge is -2.17. The fourth-order valence-corrected chi connectivity index (χ4v) is 3.18. The Labute approximate surface area is 171 Å². The van der Waals surface area contributed by atoms with Gasteiger partial charge in [0.1, 0.15) is 5.75 Å². The van der Waals surface area contributed by atoms with Crippen LogP contribution in [-0.2, 0) is 4.79 Å². The summed E-state index contributed by atoms with van der Waals surface area (Å²) >= 11 is 1.38. The van der Waals surface area contributed by atoms with Crippen LogP contribution in [0.25, 0.3) is 0 Å². The van der Waals surface area contributed by atoms with E-state index in [1.165, 1.54) is 35.6 Å². The maximum Gasteiger partial charge on any atom is 0.268 e. The average Bonchev–Trinajstić information content (AvgIpc) is 3.27. The number of carboxylic acid groups (broad SMARTS) is 1. The molecule has 0 fully saturated rings. The molecule has 0 spiro atoms. The van der Waals surface area contributed by atoms with E-state index in [2.05, 4.69) is 5.32 Å². The van der Waals surface area contributed by atoms with E-state index in [4.69, 9.17) is 4.74 Å². The molecule has 1 heterocycles. The van der Waals surface area contributed by atoms with E-state index in [1.54, 1.807) is 42.3 Å². The van der Waals surface area contributed by atoms with Crippen molar-refractivity contribution in [1.29, 1.82) is 0 Å². The summed E-state index contributed by atoms with van der Waals surface area (Å²) in [6.45, 7) is -0.217. The molecule has 3 aromatic rings. The van der Waals surface area contributed by atoms with Crippen molar-refractivity contribution in [3.05, 3.63) is 76.5 Å². The third kappa shape index (κ3) is 5.20. The second-order valence-corrected chi connectivity index (χ2v) is 6.98. The van der Waals surface area contributed by atoms with Gasteiger partial charge in [0.05, 0.1) is 10.8 Å². The first-order valence-electron chi connectivity index (χ1n) is 8.60. The lowest BCUT2D eigenvalue weighted by Crippen LogP contribution is -2.25. The molecule has 0 aliphatic carbocycles. The van der Waals surface area contributed by atoms with Gasteiger partial charge in [-0.15, -0.1) is 11.3 Å². The van der Waals surface area contributed by atoms with Crippen LogP contribution in [0.4, 0.5) is 11.4 Å². The Balaban J connectivity index is 1.52. The molecule has 7 nitrogen and oxygen atoms in total. The molecule has 1 N–H and O–H groups in total. The van der Waals surface area contributed by atoms with Gasteiger partial charge in [-0.25, -0.2) is 0 Å². The number of thiophene rings is 1. The number of hydrogen-bond acceptors (Lipinski definition) is 6. The molecule has 0 radical (unpaired) electrons. The monoisotopic (exact) mass is 409 g/mol. The number of aromatic carboxylic acids is 1. The minimum absolute atomic E-state index is 0.0295. The van der Waals surface area contributed by atoms with Gasteiger partial charge in [-0.2, -0.15) is 0 Å². The molecule has 0 saturated carbocycles. The molecular formula is C21H17N2O5S-. The van der Waals surface area contributed by atoms with Crippen molar-refractivity contribution in [1.82, 2.24) is 0 Å². The molecule has 0 atom stereocenters. The molecule has 0 bridgehead atoms. The molecule has 148 valence electrons. The second kappa shape index (κ2) is 9.03. The minimum atomic E-state index is -1.28. The number of anilines is 2. The minimum Gasteiger partial charge on any atom is -0.545 e. The Morgan fingerprint density at radius 3 is 2.31 bits per heavy atom. The van der Waals surface area contributed by atoms with Crippen LogP contribution in [0.5, 0.6) is 5.75 Å². The van der Waals surface area contributed by atoms with Crippen LogP contribution in [0.3, 0.4) is 0 Å². The Hall–Kier alpha value is -3.65. The normalized spacial score (nSPS) is 10.2. The second-order valence-electron chi connectivity index (χ2n) is 6.04. The summed E-state index contributed by atoms with van der Waals surface area (Å²) < 4.78 is 5.45. The largest absolute Gasteiger partial charge is 0.545 e. The quantitative estimate of drug-likeness (QED) is 0.646. The maximum atomic E-state index is 12.4. The number of ether oxygens (including phenoxy) is 1. The number of carbonyl (C=O) groups excluding carboxylic acids is 3. The van der Waals surface area contributed by atoms with Crippen LogP contribution in [0, 0.1) is 0 Å². The van der Waals surface area contributed by atoms with Crippen molar-refractivity contribution >= 4 is 40.5 Å². The van der Waals surface area contributed by atoms with Crippen molar-refractivity contribution < 1.29 is 24.2 Å². The van der Waals surface area contributed by atoms with Crippen molar-refractivity contribution in [2.45, 2.75) is 0 Å². The maximum absolute atomic E-state index is 12.4. The molecule has 2 aromatic carbocycles. The first kappa shape index (κ1) is 20.1. The van der Waals surface area contributed by atoms with Crippen molar-refractivity contribution in [2.75, 3.05) is 23.9 Å². The number of amides is 2. The predicted octanol–water partition coefficient (Wildman–Crippen LogP) is 2.41. The number of rotatable bonds is 7. The number of hydrogen-bond donors (Lipinski definition) is 1. The summed E-state index contributed by atoms with van der Waals surface area (Å²) in [5, 5.41) is 15.2. The lowest BCUT2D eigenvalue weighted by molar-refractivity contribution is -0.255. The molecule has 2 amide bonds. The Bertz CT molecular complexity index is 999. The number of nitrogens with zero attached hydrogens (tertiary/aromatic N) is 1. The smallest absolute Gasteiger partial charge is 0.268 e. The van der Waals surface area contributed by atoms with Gasteiger partial charge < -0.3 is 24.9 Å². The molecule has 8 heteroatoms. The van der Waals surface area contributed by atoms with Gasteiger partial charge in [0.2, 0.25) is 0 Å². The molecule has 29 heavy (non-hydrogen) atoms. The Kier molecular flexibility index (Phi) is 6.25. The first-order valence-corrected chi connectivity index (χ1v) is 9.47. The molecule has 0 aliphatic rings. The molecule has 0 aliphatic heterocycles. The zero-order valence-corrected chi connectivity index (χ0v) is 16.3. The van der Waals surface area contributed by atoms with Crippen molar-refractivity contribution in [3.63, 3.8) is 0 Å². The number of nitrogens with one attached hydrogen (secondary N) is 1.